The van der Waals surface area contributed by atoms with Crippen LogP contribution in [0, 0.1) is 31.1 Å². The fourth-order valence-electron chi connectivity index (χ4n) is 2.82. The van der Waals surface area contributed by atoms with Crippen LogP contribution in [-0.4, -0.2) is 27.4 Å². The lowest BCUT2D eigenvalue weighted by Gasteiger charge is -2.22. The van der Waals surface area contributed by atoms with Crippen LogP contribution in [0.2, 0.25) is 0 Å². The maximum absolute atomic E-state index is 12.1. The number of rotatable bonds is 6. The summed E-state index contributed by atoms with van der Waals surface area (Å²) in [4.78, 5) is 12.1. The van der Waals surface area contributed by atoms with Gasteiger partial charge in [-0.2, -0.15) is 5.26 Å². The molecule has 0 spiro atoms. The minimum atomic E-state index is -0.781. The first-order valence-electron chi connectivity index (χ1n) is 8.17. The van der Waals surface area contributed by atoms with E-state index in [0.717, 1.165) is 29.5 Å². The van der Waals surface area contributed by atoms with Crippen LogP contribution < -0.4 is 5.32 Å². The molecule has 1 aromatic heterocycles. The van der Waals surface area contributed by atoms with Gasteiger partial charge in [0.25, 0.3) is 5.22 Å². The second-order valence-corrected chi connectivity index (χ2v) is 7.60. The smallest absolute Gasteiger partial charge is 0.277 e. The van der Waals surface area contributed by atoms with Gasteiger partial charge in [-0.25, -0.2) is 0 Å². The lowest BCUT2D eigenvalue weighted by Crippen LogP contribution is -2.47. The van der Waals surface area contributed by atoms with Gasteiger partial charge in [0.2, 0.25) is 11.8 Å². The van der Waals surface area contributed by atoms with Gasteiger partial charge in [0, 0.05) is 5.56 Å². The van der Waals surface area contributed by atoms with Crippen LogP contribution in [0.15, 0.2) is 27.8 Å². The van der Waals surface area contributed by atoms with Gasteiger partial charge in [-0.3, -0.25) is 4.79 Å². The Kier molecular flexibility index (Phi) is 4.82. The van der Waals surface area contributed by atoms with Crippen molar-refractivity contribution >= 4 is 17.7 Å². The summed E-state index contributed by atoms with van der Waals surface area (Å²) in [6.45, 7) is 5.80. The number of benzene rings is 1. The molecule has 1 atom stereocenters. The van der Waals surface area contributed by atoms with Crippen molar-refractivity contribution in [2.45, 2.75) is 44.4 Å². The zero-order chi connectivity index (χ0) is 18.0. The molecule has 0 unspecified atom stereocenters. The molecule has 0 radical (unpaired) electrons. The highest BCUT2D eigenvalue weighted by atomic mass is 32.2. The fourth-order valence-corrected chi connectivity index (χ4v) is 3.38. The van der Waals surface area contributed by atoms with Gasteiger partial charge in [-0.15, -0.1) is 10.2 Å². The largest absolute Gasteiger partial charge is 0.411 e. The van der Waals surface area contributed by atoms with E-state index in [0.29, 0.717) is 11.1 Å². The van der Waals surface area contributed by atoms with E-state index in [9.17, 15) is 10.1 Å². The van der Waals surface area contributed by atoms with E-state index < -0.39 is 5.54 Å². The Balaban J connectivity index is 1.60. The third kappa shape index (κ3) is 4.20. The van der Waals surface area contributed by atoms with Crippen LogP contribution >= 0.6 is 11.8 Å². The minimum Gasteiger partial charge on any atom is -0.411 e. The molecular formula is C18H20N4O2S. The van der Waals surface area contributed by atoms with Crippen LogP contribution in [-0.2, 0) is 4.79 Å². The number of hydrogen-bond acceptors (Lipinski definition) is 6. The van der Waals surface area contributed by atoms with Crippen molar-refractivity contribution < 1.29 is 9.21 Å². The number of carbonyl (C=O) groups excluding carboxylic acids is 1. The van der Waals surface area contributed by atoms with Crippen molar-refractivity contribution in [3.63, 3.8) is 0 Å². The van der Waals surface area contributed by atoms with Gasteiger partial charge >= 0.3 is 0 Å². The molecule has 0 bridgehead atoms. The van der Waals surface area contributed by atoms with E-state index in [4.69, 9.17) is 4.42 Å². The number of aromatic nitrogens is 2. The Morgan fingerprint density at radius 1 is 1.36 bits per heavy atom. The topological polar surface area (TPSA) is 91.8 Å². The average molecular weight is 356 g/mol. The molecular weight excluding hydrogens is 336 g/mol. The molecule has 1 aliphatic carbocycles. The molecule has 2 aromatic rings. The summed E-state index contributed by atoms with van der Waals surface area (Å²) in [5.41, 5.74) is 2.33. The SMILES string of the molecule is Cc1cc(C)cc(-c2nnc(SCC(=O)N[C@](C)(C#N)C3CC3)o2)c1. The summed E-state index contributed by atoms with van der Waals surface area (Å²) in [5.74, 6) is 0.631. The van der Waals surface area contributed by atoms with Gasteiger partial charge in [0.05, 0.1) is 11.8 Å². The minimum absolute atomic E-state index is 0.137. The molecule has 1 saturated carbocycles. The zero-order valence-corrected chi connectivity index (χ0v) is 15.3. The summed E-state index contributed by atoms with van der Waals surface area (Å²) < 4.78 is 5.64. The van der Waals surface area contributed by atoms with E-state index in [-0.39, 0.29) is 17.6 Å². The highest BCUT2D eigenvalue weighted by Gasteiger charge is 2.42. The lowest BCUT2D eigenvalue weighted by molar-refractivity contribution is -0.119. The Hall–Kier alpha value is -2.33. The second kappa shape index (κ2) is 6.89. The van der Waals surface area contributed by atoms with Crippen molar-refractivity contribution in [1.29, 1.82) is 5.26 Å². The van der Waals surface area contributed by atoms with Gasteiger partial charge in [-0.05, 0) is 51.7 Å². The van der Waals surface area contributed by atoms with Gasteiger partial charge < -0.3 is 9.73 Å². The van der Waals surface area contributed by atoms with Crippen molar-refractivity contribution in [2.24, 2.45) is 5.92 Å². The van der Waals surface area contributed by atoms with Crippen LogP contribution in [0.25, 0.3) is 11.5 Å². The number of nitrogens with one attached hydrogen (secondary N) is 1. The van der Waals surface area contributed by atoms with E-state index in [1.165, 1.54) is 11.8 Å². The number of nitrogens with zero attached hydrogens (tertiary/aromatic N) is 3. The molecule has 0 aliphatic heterocycles. The van der Waals surface area contributed by atoms with Crippen molar-refractivity contribution in [2.75, 3.05) is 5.75 Å². The first-order valence-corrected chi connectivity index (χ1v) is 9.15. The maximum atomic E-state index is 12.1. The molecule has 130 valence electrons. The van der Waals surface area contributed by atoms with Gasteiger partial charge in [0.1, 0.15) is 5.54 Å². The van der Waals surface area contributed by atoms with Gasteiger partial charge in [-0.1, -0.05) is 29.0 Å². The molecule has 1 fully saturated rings. The first kappa shape index (κ1) is 17.5. The standard InChI is InChI=1S/C18H20N4O2S/c1-11-6-12(2)8-13(7-11)16-21-22-17(24-16)25-9-15(23)20-18(3,10-19)14-4-5-14/h6-8,14H,4-5,9H2,1-3H3,(H,20,23)/t18-/m1/s1. The molecule has 25 heavy (non-hydrogen) atoms. The maximum Gasteiger partial charge on any atom is 0.277 e. The van der Waals surface area contributed by atoms with Crippen LogP contribution in [0.5, 0.6) is 0 Å². The third-order valence-electron chi connectivity index (χ3n) is 4.23. The summed E-state index contributed by atoms with van der Waals surface area (Å²) in [6, 6.07) is 8.25. The number of amides is 1. The zero-order valence-electron chi connectivity index (χ0n) is 14.5. The third-order valence-corrected chi connectivity index (χ3v) is 5.05. The molecule has 7 heteroatoms. The number of nitriles is 1. The molecule has 6 nitrogen and oxygen atoms in total. The van der Waals surface area contributed by atoms with Crippen molar-refractivity contribution in [1.82, 2.24) is 15.5 Å². The van der Waals surface area contributed by atoms with Crippen LogP contribution in [0.1, 0.15) is 30.9 Å². The molecule has 3 rings (SSSR count). The lowest BCUT2D eigenvalue weighted by atomic mass is 9.98. The summed E-state index contributed by atoms with van der Waals surface area (Å²) in [5, 5.41) is 20.5. The second-order valence-electron chi connectivity index (χ2n) is 6.67. The average Bonchev–Trinajstić information content (AvgIpc) is 3.31. The first-order chi connectivity index (χ1) is 11.9. The van der Waals surface area contributed by atoms with Crippen molar-refractivity contribution in [3.8, 4) is 17.5 Å². The predicted octanol–water partition coefficient (Wildman–Crippen LogP) is 3.25. The monoisotopic (exact) mass is 356 g/mol. The van der Waals surface area contributed by atoms with E-state index in [1.54, 1.807) is 6.92 Å². The highest BCUT2D eigenvalue weighted by Crippen LogP contribution is 2.39. The molecule has 1 aromatic carbocycles. The van der Waals surface area contributed by atoms with Crippen LogP contribution in [0.4, 0.5) is 0 Å². The summed E-state index contributed by atoms with van der Waals surface area (Å²) in [6.07, 6.45) is 1.97. The summed E-state index contributed by atoms with van der Waals surface area (Å²) >= 11 is 1.17. The molecule has 1 amide bonds. The number of aryl methyl sites for hydroxylation is 2. The van der Waals surface area contributed by atoms with Crippen molar-refractivity contribution in [3.05, 3.63) is 29.3 Å². The predicted molar refractivity (Wildman–Crippen MR) is 94.8 cm³/mol. The molecule has 1 aliphatic rings. The Morgan fingerprint density at radius 3 is 2.64 bits per heavy atom. The van der Waals surface area contributed by atoms with E-state index in [1.807, 2.05) is 26.0 Å². The summed E-state index contributed by atoms with van der Waals surface area (Å²) in [7, 11) is 0. The highest BCUT2D eigenvalue weighted by molar-refractivity contribution is 7.99. The Morgan fingerprint density at radius 2 is 2.04 bits per heavy atom. The number of hydrogen-bond donors (Lipinski definition) is 1. The Bertz CT molecular complexity index is 818. The Labute approximate surface area is 151 Å². The number of carbonyl (C=O) groups is 1. The molecule has 1 N–H and O–H groups in total. The molecule has 1 heterocycles. The normalized spacial score (nSPS) is 16.1. The molecule has 0 saturated heterocycles. The van der Waals surface area contributed by atoms with Crippen LogP contribution in [0.3, 0.4) is 0 Å². The fraction of sp³-hybridized carbons (Fsp3) is 0.444. The van der Waals surface area contributed by atoms with E-state index in [2.05, 4.69) is 27.6 Å². The van der Waals surface area contributed by atoms with E-state index >= 15 is 0 Å². The quantitative estimate of drug-likeness (QED) is 0.799. The van der Waals surface area contributed by atoms with Gasteiger partial charge in [0.15, 0.2) is 0 Å². The number of thioether (sulfide) groups is 1.